The van der Waals surface area contributed by atoms with Crippen LogP contribution in [0.15, 0.2) is 11.4 Å². The van der Waals surface area contributed by atoms with Gasteiger partial charge in [0.2, 0.25) is 0 Å². The molecule has 3 heterocycles. The summed E-state index contributed by atoms with van der Waals surface area (Å²) in [4.78, 5) is 12.6. The third-order valence-electron chi connectivity index (χ3n) is 3.93. The normalized spacial score (nSPS) is 20.7. The lowest BCUT2D eigenvalue weighted by molar-refractivity contribution is 0.194. The highest BCUT2D eigenvalue weighted by molar-refractivity contribution is 7.16. The van der Waals surface area contributed by atoms with Gasteiger partial charge in [0.15, 0.2) is 0 Å². The molecule has 102 valence electrons. The molecule has 0 amide bonds. The molecule has 1 fully saturated rings. The standard InChI is InChI=1S/C14H20N4S/c1-9(2)11-4-3-6-18(11)8-12-16-13(15)10-5-7-19-14(10)17-12/h5,7,9,11H,3-4,6,8H2,1-2H3,(H2,15,16,17). The number of fused-ring (bicyclic) bond motifs is 1. The van der Waals surface area contributed by atoms with Crippen molar-refractivity contribution in [3.8, 4) is 0 Å². The number of rotatable bonds is 3. The highest BCUT2D eigenvalue weighted by Crippen LogP contribution is 2.27. The summed E-state index contributed by atoms with van der Waals surface area (Å²) in [6.07, 6.45) is 2.56. The zero-order chi connectivity index (χ0) is 13.4. The zero-order valence-electron chi connectivity index (χ0n) is 11.5. The number of nitrogens with two attached hydrogens (primary N) is 1. The van der Waals surface area contributed by atoms with Gasteiger partial charge >= 0.3 is 0 Å². The van der Waals surface area contributed by atoms with Gasteiger partial charge in [0.25, 0.3) is 0 Å². The molecule has 19 heavy (non-hydrogen) atoms. The lowest BCUT2D eigenvalue weighted by Crippen LogP contribution is -2.33. The molecule has 2 N–H and O–H groups in total. The summed E-state index contributed by atoms with van der Waals surface area (Å²) in [6, 6.07) is 2.65. The second kappa shape index (κ2) is 5.06. The SMILES string of the molecule is CC(C)C1CCCN1Cc1nc(N)c2ccsc2n1. The average Bonchev–Trinajstić information content (AvgIpc) is 2.97. The second-order valence-electron chi connectivity index (χ2n) is 5.59. The van der Waals surface area contributed by atoms with Crippen molar-refractivity contribution in [3.63, 3.8) is 0 Å². The van der Waals surface area contributed by atoms with Crippen molar-refractivity contribution in [3.05, 3.63) is 17.3 Å². The van der Waals surface area contributed by atoms with Gasteiger partial charge < -0.3 is 5.73 Å². The minimum absolute atomic E-state index is 0.613. The highest BCUT2D eigenvalue weighted by atomic mass is 32.1. The molecule has 1 aliphatic rings. The zero-order valence-corrected chi connectivity index (χ0v) is 12.3. The van der Waals surface area contributed by atoms with Crippen LogP contribution in [-0.2, 0) is 6.54 Å². The Balaban J connectivity index is 1.84. The first kappa shape index (κ1) is 12.8. The van der Waals surface area contributed by atoms with Gasteiger partial charge in [-0.05, 0) is 36.8 Å². The summed E-state index contributed by atoms with van der Waals surface area (Å²) >= 11 is 1.63. The maximum atomic E-state index is 6.01. The molecule has 5 heteroatoms. The quantitative estimate of drug-likeness (QED) is 0.936. The smallest absolute Gasteiger partial charge is 0.146 e. The Bertz CT molecular complexity index is 578. The molecule has 1 atom stereocenters. The lowest BCUT2D eigenvalue weighted by Gasteiger charge is -2.26. The number of anilines is 1. The number of thiophene rings is 1. The van der Waals surface area contributed by atoms with Gasteiger partial charge in [-0.3, -0.25) is 4.90 Å². The number of aromatic nitrogens is 2. The van der Waals surface area contributed by atoms with Gasteiger partial charge in [0, 0.05) is 6.04 Å². The minimum Gasteiger partial charge on any atom is -0.383 e. The Morgan fingerprint density at radius 2 is 2.32 bits per heavy atom. The van der Waals surface area contributed by atoms with Crippen LogP contribution < -0.4 is 5.73 Å². The van der Waals surface area contributed by atoms with E-state index in [0.717, 1.165) is 29.1 Å². The topological polar surface area (TPSA) is 55.0 Å². The van der Waals surface area contributed by atoms with Crippen LogP contribution in [0, 0.1) is 5.92 Å². The molecule has 0 aromatic carbocycles. The molecule has 0 saturated carbocycles. The largest absolute Gasteiger partial charge is 0.383 e. The molecule has 0 radical (unpaired) electrons. The number of likely N-dealkylation sites (tertiary alicyclic amines) is 1. The Kier molecular flexibility index (Phi) is 3.41. The van der Waals surface area contributed by atoms with Crippen molar-refractivity contribution in [2.75, 3.05) is 12.3 Å². The summed E-state index contributed by atoms with van der Waals surface area (Å²) in [6.45, 7) is 6.55. The van der Waals surface area contributed by atoms with Gasteiger partial charge in [-0.15, -0.1) is 11.3 Å². The maximum absolute atomic E-state index is 6.01. The molecule has 0 bridgehead atoms. The van der Waals surface area contributed by atoms with Gasteiger partial charge in [0.1, 0.15) is 16.5 Å². The molecule has 1 unspecified atom stereocenters. The van der Waals surface area contributed by atoms with Crippen molar-refractivity contribution >= 4 is 27.4 Å². The van der Waals surface area contributed by atoms with E-state index in [1.807, 2.05) is 11.4 Å². The van der Waals surface area contributed by atoms with Crippen LogP contribution in [0.1, 0.15) is 32.5 Å². The minimum atomic E-state index is 0.613. The van der Waals surface area contributed by atoms with E-state index >= 15 is 0 Å². The summed E-state index contributed by atoms with van der Waals surface area (Å²) in [5.74, 6) is 2.16. The van der Waals surface area contributed by atoms with E-state index in [-0.39, 0.29) is 0 Å². The lowest BCUT2D eigenvalue weighted by atomic mass is 10.0. The molecule has 2 aromatic rings. The first-order chi connectivity index (χ1) is 9.15. The predicted octanol–water partition coefficient (Wildman–Crippen LogP) is 2.89. The molecule has 0 aliphatic carbocycles. The van der Waals surface area contributed by atoms with Crippen LogP contribution in [0.4, 0.5) is 5.82 Å². The van der Waals surface area contributed by atoms with E-state index in [9.17, 15) is 0 Å². The third kappa shape index (κ3) is 2.44. The van der Waals surface area contributed by atoms with Gasteiger partial charge in [-0.2, -0.15) is 0 Å². The van der Waals surface area contributed by atoms with Crippen molar-refractivity contribution in [2.45, 2.75) is 39.3 Å². The van der Waals surface area contributed by atoms with Gasteiger partial charge in [-0.1, -0.05) is 13.8 Å². The van der Waals surface area contributed by atoms with Crippen molar-refractivity contribution < 1.29 is 0 Å². The molecule has 0 spiro atoms. The van der Waals surface area contributed by atoms with Crippen LogP contribution in [0.5, 0.6) is 0 Å². The van der Waals surface area contributed by atoms with Crippen LogP contribution >= 0.6 is 11.3 Å². The molecule has 4 nitrogen and oxygen atoms in total. The third-order valence-corrected chi connectivity index (χ3v) is 4.74. The number of hydrogen-bond donors (Lipinski definition) is 1. The van der Waals surface area contributed by atoms with Crippen molar-refractivity contribution in [1.29, 1.82) is 0 Å². The number of nitrogen functional groups attached to an aromatic ring is 1. The summed E-state index contributed by atoms with van der Waals surface area (Å²) in [5, 5.41) is 3.00. The van der Waals surface area contributed by atoms with E-state index in [1.165, 1.54) is 12.8 Å². The van der Waals surface area contributed by atoms with E-state index in [2.05, 4.69) is 28.7 Å². The fraction of sp³-hybridized carbons (Fsp3) is 0.571. The molecular weight excluding hydrogens is 256 g/mol. The Morgan fingerprint density at radius 3 is 3.11 bits per heavy atom. The molecule has 2 aromatic heterocycles. The fourth-order valence-electron chi connectivity index (χ4n) is 2.98. The van der Waals surface area contributed by atoms with Crippen molar-refractivity contribution in [2.24, 2.45) is 5.92 Å². The van der Waals surface area contributed by atoms with Gasteiger partial charge in [0.05, 0.1) is 11.9 Å². The fourth-order valence-corrected chi connectivity index (χ4v) is 3.77. The first-order valence-corrected chi connectivity index (χ1v) is 7.77. The monoisotopic (exact) mass is 276 g/mol. The predicted molar refractivity (Wildman–Crippen MR) is 80.1 cm³/mol. The van der Waals surface area contributed by atoms with Crippen molar-refractivity contribution in [1.82, 2.24) is 14.9 Å². The molecule has 3 rings (SSSR count). The Morgan fingerprint density at radius 1 is 1.47 bits per heavy atom. The van der Waals surface area contributed by atoms with Crippen LogP contribution in [0.2, 0.25) is 0 Å². The summed E-state index contributed by atoms with van der Waals surface area (Å²) < 4.78 is 0. The molecular formula is C14H20N4S. The van der Waals surface area contributed by atoms with Crippen LogP contribution in [0.3, 0.4) is 0 Å². The highest BCUT2D eigenvalue weighted by Gasteiger charge is 2.27. The van der Waals surface area contributed by atoms with E-state index in [1.54, 1.807) is 11.3 Å². The first-order valence-electron chi connectivity index (χ1n) is 6.89. The van der Waals surface area contributed by atoms with Gasteiger partial charge in [-0.25, -0.2) is 9.97 Å². The van der Waals surface area contributed by atoms with E-state index in [4.69, 9.17) is 5.73 Å². The number of hydrogen-bond acceptors (Lipinski definition) is 5. The summed E-state index contributed by atoms with van der Waals surface area (Å²) in [7, 11) is 0. The average molecular weight is 276 g/mol. The van der Waals surface area contributed by atoms with Crippen LogP contribution in [-0.4, -0.2) is 27.5 Å². The van der Waals surface area contributed by atoms with E-state index in [0.29, 0.717) is 17.8 Å². The maximum Gasteiger partial charge on any atom is 0.146 e. The summed E-state index contributed by atoms with van der Waals surface area (Å²) in [5.41, 5.74) is 6.01. The molecule has 1 aliphatic heterocycles. The number of nitrogens with zero attached hydrogens (tertiary/aromatic N) is 3. The van der Waals surface area contributed by atoms with E-state index < -0.39 is 0 Å². The Labute approximate surface area is 117 Å². The molecule has 1 saturated heterocycles. The second-order valence-corrected chi connectivity index (χ2v) is 6.48. The van der Waals surface area contributed by atoms with Crippen LogP contribution in [0.25, 0.3) is 10.2 Å². The Hall–Kier alpha value is -1.20.